The molecule has 0 heteroatoms. The van der Waals surface area contributed by atoms with Gasteiger partial charge < -0.3 is 0 Å². The number of hydrogen-bond donors (Lipinski definition) is 0. The second kappa shape index (κ2) is 58.0. The van der Waals surface area contributed by atoms with E-state index in [9.17, 15) is 0 Å². The van der Waals surface area contributed by atoms with Crippen molar-refractivity contribution in [3.05, 3.63) is 12.7 Å². The Morgan fingerprint density at radius 2 is 1.71 bits per heavy atom. The Morgan fingerprint density at radius 3 is 1.71 bits per heavy atom. The van der Waals surface area contributed by atoms with Gasteiger partial charge in [0.2, 0.25) is 0 Å². The Kier molecular flexibility index (Phi) is 135. The lowest BCUT2D eigenvalue weighted by atomic mass is 10.8. The van der Waals surface area contributed by atoms with Crippen molar-refractivity contribution in [2.75, 3.05) is 0 Å². The van der Waals surface area contributed by atoms with Crippen LogP contribution in [0.25, 0.3) is 0 Å². The van der Waals surface area contributed by atoms with E-state index in [1.807, 2.05) is 6.92 Å². The molecule has 0 aliphatic rings. The van der Waals surface area contributed by atoms with Gasteiger partial charge >= 0.3 is 0 Å². The molecule has 0 saturated heterocycles. The van der Waals surface area contributed by atoms with Crippen LogP contribution >= 0.6 is 0 Å². The molecule has 0 bridgehead atoms. The first-order valence-electron chi connectivity index (χ1n) is 1.77. The summed E-state index contributed by atoms with van der Waals surface area (Å²) in [5, 5.41) is 0. The summed E-state index contributed by atoms with van der Waals surface area (Å²) in [6.45, 7) is 6.90. The fourth-order valence-corrected chi connectivity index (χ4v) is 0. The third-order valence-electron chi connectivity index (χ3n) is 0. The largest absolute Gasteiger partial charge is 0.120 e. The molecule has 0 unspecified atom stereocenters. The first-order chi connectivity index (χ1) is 2.83. The molecule has 0 radical (unpaired) electrons. The van der Waals surface area contributed by atoms with Crippen molar-refractivity contribution >= 4 is 0 Å². The minimum atomic E-state index is 0. The predicted octanol–water partition coefficient (Wildman–Crippen LogP) is 2.47. The molecule has 7 heavy (non-hydrogen) atoms. The van der Waals surface area contributed by atoms with Crippen LogP contribution in [0.5, 0.6) is 0 Å². The molecule has 0 N–H and O–H groups in total. The zero-order valence-corrected chi connectivity index (χ0v) is 4.36. The second-order valence-electron chi connectivity index (χ2n) is 0.697. The zero-order chi connectivity index (χ0) is 5.41. The highest BCUT2D eigenvalue weighted by Crippen LogP contribution is 1.38. The SMILES string of the molecule is C.C#CC.C=CC. The molecule has 0 spiro atoms. The number of hydrogen-bond acceptors (Lipinski definition) is 0. The lowest BCUT2D eigenvalue weighted by Gasteiger charge is -1.31. The molecule has 0 aromatic heterocycles. The standard InChI is InChI=1S/C3H6.C3H4.CH4/c2*1-3-2;/h3H,1H2,2H3;1H,2H3;1H4. The van der Waals surface area contributed by atoms with Crippen molar-refractivity contribution in [2.24, 2.45) is 0 Å². The van der Waals surface area contributed by atoms with Crippen LogP contribution in [0.4, 0.5) is 0 Å². The molecule has 0 aromatic carbocycles. The summed E-state index contributed by atoms with van der Waals surface area (Å²) < 4.78 is 0. The highest BCUT2D eigenvalue weighted by atomic mass is 13.2. The topological polar surface area (TPSA) is 0 Å². The third-order valence-corrected chi connectivity index (χ3v) is 0. The van der Waals surface area contributed by atoms with Crippen LogP contribution < -0.4 is 0 Å². The van der Waals surface area contributed by atoms with Gasteiger partial charge in [0, 0.05) is 0 Å². The van der Waals surface area contributed by atoms with E-state index in [-0.39, 0.29) is 7.43 Å². The number of allylic oxidation sites excluding steroid dienone is 1. The van der Waals surface area contributed by atoms with Crippen LogP contribution in [0.15, 0.2) is 12.7 Å². The van der Waals surface area contributed by atoms with Gasteiger partial charge in [-0.2, -0.15) is 0 Å². The van der Waals surface area contributed by atoms with E-state index in [1.165, 1.54) is 0 Å². The van der Waals surface area contributed by atoms with E-state index in [4.69, 9.17) is 0 Å². The average Bonchev–Trinajstić information content (AvgIpc) is 1.39. The van der Waals surface area contributed by atoms with E-state index in [0.29, 0.717) is 0 Å². The normalized spacial score (nSPS) is 3.00. The summed E-state index contributed by atoms with van der Waals surface area (Å²) in [7, 11) is 0. The molecule has 0 rings (SSSR count). The van der Waals surface area contributed by atoms with Crippen LogP contribution in [-0.2, 0) is 0 Å². The number of rotatable bonds is 0. The Bertz CT molecular complexity index is 45.5. The predicted molar refractivity (Wildman–Crippen MR) is 37.1 cm³/mol. The molecule has 0 saturated carbocycles. The second-order valence-corrected chi connectivity index (χ2v) is 0.697. The molecular weight excluding hydrogens is 84.1 g/mol. The molecule has 0 fully saturated rings. The molecule has 0 atom stereocenters. The smallest absolute Gasteiger partial charge is 0.00297 e. The maximum atomic E-state index is 4.60. The monoisotopic (exact) mass is 98.1 g/mol. The summed E-state index contributed by atoms with van der Waals surface area (Å²) in [4.78, 5) is 0. The molecule has 0 aliphatic heterocycles. The average molecular weight is 98.2 g/mol. The molecule has 42 valence electrons. The molecule has 0 aliphatic carbocycles. The summed E-state index contributed by atoms with van der Waals surface area (Å²) >= 11 is 0. The summed E-state index contributed by atoms with van der Waals surface area (Å²) in [5.74, 6) is 2.25. The third kappa shape index (κ3) is 118. The van der Waals surface area contributed by atoms with Crippen molar-refractivity contribution in [3.8, 4) is 12.3 Å². The molecular formula is C7H14. The molecule has 0 heterocycles. The maximum Gasteiger partial charge on any atom is -0.00297 e. The molecule has 0 amide bonds. The fourth-order valence-electron chi connectivity index (χ4n) is 0. The van der Waals surface area contributed by atoms with Crippen LogP contribution in [0.2, 0.25) is 0 Å². The lowest BCUT2D eigenvalue weighted by molar-refractivity contribution is 1.80. The van der Waals surface area contributed by atoms with Crippen molar-refractivity contribution in [1.82, 2.24) is 0 Å². The maximum absolute atomic E-state index is 4.60. The minimum absolute atomic E-state index is 0. The van der Waals surface area contributed by atoms with Crippen LogP contribution in [-0.4, -0.2) is 0 Å². The first kappa shape index (κ1) is 16.3. The molecule has 0 nitrogen and oxygen atoms in total. The highest BCUT2D eigenvalue weighted by molar-refractivity contribution is 4.73. The van der Waals surface area contributed by atoms with Gasteiger partial charge in [0.25, 0.3) is 0 Å². The first-order valence-corrected chi connectivity index (χ1v) is 1.77. The van der Waals surface area contributed by atoms with Gasteiger partial charge in [0.1, 0.15) is 0 Å². The van der Waals surface area contributed by atoms with Gasteiger partial charge in [-0.3, -0.25) is 0 Å². The van der Waals surface area contributed by atoms with Gasteiger partial charge in [-0.15, -0.1) is 18.9 Å². The lowest BCUT2D eigenvalue weighted by Crippen LogP contribution is -1.10. The van der Waals surface area contributed by atoms with Crippen LogP contribution in [0.1, 0.15) is 21.3 Å². The van der Waals surface area contributed by atoms with Crippen molar-refractivity contribution in [2.45, 2.75) is 21.3 Å². The minimum Gasteiger partial charge on any atom is -0.120 e. The van der Waals surface area contributed by atoms with Gasteiger partial charge in [0.15, 0.2) is 0 Å². The van der Waals surface area contributed by atoms with Gasteiger partial charge in [0.05, 0.1) is 0 Å². The number of terminal acetylenes is 1. The van der Waals surface area contributed by atoms with Crippen molar-refractivity contribution < 1.29 is 0 Å². The fraction of sp³-hybridized carbons (Fsp3) is 0.429. The van der Waals surface area contributed by atoms with E-state index in [2.05, 4.69) is 18.9 Å². The van der Waals surface area contributed by atoms with Gasteiger partial charge in [-0.05, 0) is 13.8 Å². The van der Waals surface area contributed by atoms with Crippen LogP contribution in [0, 0.1) is 12.3 Å². The van der Waals surface area contributed by atoms with E-state index in [1.54, 1.807) is 13.0 Å². The van der Waals surface area contributed by atoms with Gasteiger partial charge in [-0.1, -0.05) is 13.5 Å². The van der Waals surface area contributed by atoms with Gasteiger partial charge in [-0.25, -0.2) is 0 Å². The summed E-state index contributed by atoms with van der Waals surface area (Å²) in [5.41, 5.74) is 0. The molecule has 0 aromatic rings. The van der Waals surface area contributed by atoms with Crippen LogP contribution in [0.3, 0.4) is 0 Å². The van der Waals surface area contributed by atoms with Crippen molar-refractivity contribution in [1.29, 1.82) is 0 Å². The van der Waals surface area contributed by atoms with E-state index in [0.717, 1.165) is 0 Å². The zero-order valence-electron chi connectivity index (χ0n) is 4.36. The Balaban J connectivity index is -0.0000000400. The van der Waals surface area contributed by atoms with Crippen molar-refractivity contribution in [3.63, 3.8) is 0 Å². The highest BCUT2D eigenvalue weighted by Gasteiger charge is 1.15. The Morgan fingerprint density at radius 1 is 1.71 bits per heavy atom. The Labute approximate surface area is 47.3 Å². The van der Waals surface area contributed by atoms with E-state index >= 15 is 0 Å². The van der Waals surface area contributed by atoms with E-state index < -0.39 is 0 Å². The summed E-state index contributed by atoms with van der Waals surface area (Å²) in [6, 6.07) is 0. The Hall–Kier alpha value is -0.700. The quantitative estimate of drug-likeness (QED) is 0.322. The summed E-state index contributed by atoms with van der Waals surface area (Å²) in [6.07, 6.45) is 6.35.